The standard InChI is InChI=1S/C19H24F3N3O5/c1-18(2,3)25(17(27)28)13-9-29-15(30-10-13)7-5-11-8-12(16(26)24-23)4-6-14(11)19(20,21)22/h4-8,13,15H,9-10,23H2,1-3H3,(H,24,26)(H,27,28)/b7-5+. The zero-order chi connectivity index (χ0) is 22.7. The van der Waals surface area contributed by atoms with Crippen molar-refractivity contribution in [1.29, 1.82) is 0 Å². The number of nitrogens with zero attached hydrogens (tertiary/aromatic N) is 1. The maximum absolute atomic E-state index is 13.3. The van der Waals surface area contributed by atoms with Crippen molar-refractivity contribution in [3.63, 3.8) is 0 Å². The fourth-order valence-corrected chi connectivity index (χ4v) is 3.12. The summed E-state index contributed by atoms with van der Waals surface area (Å²) in [4.78, 5) is 24.4. The number of amides is 2. The molecule has 0 saturated carbocycles. The molecule has 1 aliphatic heterocycles. The van der Waals surface area contributed by atoms with Crippen LogP contribution in [0.1, 0.15) is 42.3 Å². The number of ether oxygens (including phenoxy) is 2. The quantitative estimate of drug-likeness (QED) is 0.384. The summed E-state index contributed by atoms with van der Waals surface area (Å²) in [6, 6.07) is 2.30. The Morgan fingerprint density at radius 1 is 1.23 bits per heavy atom. The van der Waals surface area contributed by atoms with Crippen LogP contribution in [0.3, 0.4) is 0 Å². The first-order valence-corrected chi connectivity index (χ1v) is 9.00. The number of hydrazine groups is 1. The molecule has 1 aromatic rings. The highest BCUT2D eigenvalue weighted by Crippen LogP contribution is 2.33. The molecule has 166 valence electrons. The van der Waals surface area contributed by atoms with Crippen molar-refractivity contribution in [2.75, 3.05) is 13.2 Å². The number of carbonyl (C=O) groups is 2. The second-order valence-corrected chi connectivity index (χ2v) is 7.64. The Balaban J connectivity index is 2.17. The van der Waals surface area contributed by atoms with Crippen LogP contribution in [0.2, 0.25) is 0 Å². The van der Waals surface area contributed by atoms with Gasteiger partial charge < -0.3 is 14.6 Å². The number of hydrogen-bond acceptors (Lipinski definition) is 5. The molecule has 0 radical (unpaired) electrons. The number of nitrogens with one attached hydrogen (secondary N) is 1. The summed E-state index contributed by atoms with van der Waals surface area (Å²) in [5.41, 5.74) is -0.0672. The van der Waals surface area contributed by atoms with Gasteiger partial charge in [0, 0.05) is 11.1 Å². The minimum Gasteiger partial charge on any atom is -0.465 e. The van der Waals surface area contributed by atoms with E-state index >= 15 is 0 Å². The summed E-state index contributed by atoms with van der Waals surface area (Å²) in [6.07, 6.45) is -4.32. The monoisotopic (exact) mass is 431 g/mol. The van der Waals surface area contributed by atoms with Gasteiger partial charge in [-0.25, -0.2) is 10.6 Å². The summed E-state index contributed by atoms with van der Waals surface area (Å²) in [6.45, 7) is 5.23. The van der Waals surface area contributed by atoms with Gasteiger partial charge in [0.2, 0.25) is 0 Å². The van der Waals surface area contributed by atoms with Crippen molar-refractivity contribution in [1.82, 2.24) is 10.3 Å². The Hall–Kier alpha value is -2.63. The minimum absolute atomic E-state index is 0.0142. The van der Waals surface area contributed by atoms with Crippen LogP contribution in [0, 0.1) is 0 Å². The summed E-state index contributed by atoms with van der Waals surface area (Å²) >= 11 is 0. The Morgan fingerprint density at radius 2 is 1.83 bits per heavy atom. The molecule has 0 aromatic heterocycles. The summed E-state index contributed by atoms with van der Waals surface area (Å²) in [5.74, 6) is 4.30. The number of rotatable bonds is 4. The highest BCUT2D eigenvalue weighted by atomic mass is 19.4. The zero-order valence-corrected chi connectivity index (χ0v) is 16.7. The molecule has 0 spiro atoms. The van der Waals surface area contributed by atoms with E-state index in [2.05, 4.69) is 0 Å². The lowest BCUT2D eigenvalue weighted by atomic mass is 10.0. The second kappa shape index (κ2) is 9.02. The Morgan fingerprint density at radius 3 is 2.30 bits per heavy atom. The molecule has 30 heavy (non-hydrogen) atoms. The molecule has 1 aliphatic rings. The molecule has 2 amide bonds. The van der Waals surface area contributed by atoms with Crippen LogP contribution >= 0.6 is 0 Å². The smallest absolute Gasteiger partial charge is 0.416 e. The van der Waals surface area contributed by atoms with Crippen LogP contribution < -0.4 is 11.3 Å². The van der Waals surface area contributed by atoms with E-state index in [0.717, 1.165) is 24.3 Å². The van der Waals surface area contributed by atoms with Crippen molar-refractivity contribution in [3.8, 4) is 0 Å². The number of nitrogen functional groups attached to an aromatic ring is 1. The molecule has 0 atom stereocenters. The number of carbonyl (C=O) groups excluding carboxylic acids is 1. The minimum atomic E-state index is -4.63. The van der Waals surface area contributed by atoms with Gasteiger partial charge in [-0.2, -0.15) is 13.2 Å². The molecule has 1 saturated heterocycles. The summed E-state index contributed by atoms with van der Waals surface area (Å²) in [5, 5.41) is 9.43. The molecule has 1 fully saturated rings. The maximum Gasteiger partial charge on any atom is 0.416 e. The van der Waals surface area contributed by atoms with Crippen molar-refractivity contribution >= 4 is 18.1 Å². The molecule has 1 aromatic carbocycles. The largest absolute Gasteiger partial charge is 0.465 e. The van der Waals surface area contributed by atoms with Gasteiger partial charge in [-0.3, -0.25) is 15.1 Å². The normalized spacial score (nSPS) is 20.2. The van der Waals surface area contributed by atoms with E-state index in [1.54, 1.807) is 20.8 Å². The number of benzene rings is 1. The lowest BCUT2D eigenvalue weighted by Crippen LogP contribution is -2.56. The van der Waals surface area contributed by atoms with Crippen LogP contribution in [0.5, 0.6) is 0 Å². The van der Waals surface area contributed by atoms with Crippen LogP contribution in [-0.2, 0) is 15.7 Å². The lowest BCUT2D eigenvalue weighted by Gasteiger charge is -2.41. The second-order valence-electron chi connectivity index (χ2n) is 7.64. The number of halogens is 3. The van der Waals surface area contributed by atoms with E-state index in [0.29, 0.717) is 0 Å². The van der Waals surface area contributed by atoms with E-state index < -0.39 is 41.6 Å². The Bertz CT molecular complexity index is 813. The molecular weight excluding hydrogens is 407 g/mol. The first kappa shape index (κ1) is 23.6. The average Bonchev–Trinajstić information content (AvgIpc) is 2.64. The third kappa shape index (κ3) is 5.71. The molecule has 11 heteroatoms. The van der Waals surface area contributed by atoms with Crippen LogP contribution in [0.25, 0.3) is 6.08 Å². The Kier molecular flexibility index (Phi) is 7.11. The van der Waals surface area contributed by atoms with E-state index in [1.807, 2.05) is 5.43 Å². The average molecular weight is 431 g/mol. The van der Waals surface area contributed by atoms with Crippen molar-refractivity contribution < 1.29 is 37.3 Å². The molecule has 8 nitrogen and oxygen atoms in total. The van der Waals surface area contributed by atoms with Crippen molar-refractivity contribution in [2.45, 2.75) is 44.8 Å². The predicted octanol–water partition coefficient (Wildman–Crippen LogP) is 2.84. The first-order chi connectivity index (χ1) is 13.8. The van der Waals surface area contributed by atoms with Gasteiger partial charge in [-0.05, 0) is 50.6 Å². The van der Waals surface area contributed by atoms with E-state index in [1.165, 1.54) is 11.0 Å². The molecular formula is C19H24F3N3O5. The zero-order valence-electron chi connectivity index (χ0n) is 16.7. The van der Waals surface area contributed by atoms with E-state index in [-0.39, 0.29) is 24.3 Å². The van der Waals surface area contributed by atoms with Gasteiger partial charge in [-0.1, -0.05) is 6.08 Å². The van der Waals surface area contributed by atoms with E-state index in [4.69, 9.17) is 15.3 Å². The summed E-state index contributed by atoms with van der Waals surface area (Å²) < 4.78 is 50.8. The van der Waals surface area contributed by atoms with Crippen molar-refractivity contribution in [3.05, 3.63) is 41.0 Å². The topological polar surface area (TPSA) is 114 Å². The van der Waals surface area contributed by atoms with Crippen LogP contribution in [0.4, 0.5) is 18.0 Å². The van der Waals surface area contributed by atoms with E-state index in [9.17, 15) is 27.9 Å². The van der Waals surface area contributed by atoms with Gasteiger partial charge in [0.15, 0.2) is 6.29 Å². The van der Waals surface area contributed by atoms with Crippen LogP contribution in [0.15, 0.2) is 24.3 Å². The third-order valence-corrected chi connectivity index (χ3v) is 4.38. The lowest BCUT2D eigenvalue weighted by molar-refractivity contribution is -0.182. The molecule has 2 rings (SSSR count). The van der Waals surface area contributed by atoms with Crippen molar-refractivity contribution in [2.24, 2.45) is 5.84 Å². The van der Waals surface area contributed by atoms with Gasteiger partial charge in [0.05, 0.1) is 24.8 Å². The van der Waals surface area contributed by atoms with Gasteiger partial charge in [-0.15, -0.1) is 0 Å². The third-order valence-electron chi connectivity index (χ3n) is 4.38. The molecule has 0 aliphatic carbocycles. The number of alkyl halides is 3. The van der Waals surface area contributed by atoms with Crippen LogP contribution in [-0.4, -0.2) is 53.1 Å². The van der Waals surface area contributed by atoms with Gasteiger partial charge in [0.25, 0.3) is 5.91 Å². The molecule has 0 unspecified atom stereocenters. The first-order valence-electron chi connectivity index (χ1n) is 9.00. The number of nitrogens with two attached hydrogens (primary N) is 1. The van der Waals surface area contributed by atoms with Gasteiger partial charge in [0.1, 0.15) is 0 Å². The SMILES string of the molecule is CC(C)(C)N(C(=O)O)C1COC(/C=C/c2cc(C(=O)NN)ccc2C(F)(F)F)OC1. The molecule has 4 N–H and O–H groups in total. The number of hydrogen-bond donors (Lipinski definition) is 3. The fraction of sp³-hybridized carbons (Fsp3) is 0.474. The Labute approximate surface area is 171 Å². The highest BCUT2D eigenvalue weighted by Gasteiger charge is 2.36. The predicted molar refractivity (Wildman–Crippen MR) is 101 cm³/mol. The molecule has 0 bridgehead atoms. The fourth-order valence-electron chi connectivity index (χ4n) is 3.12. The number of carboxylic acid groups (broad SMARTS) is 1. The van der Waals surface area contributed by atoms with Gasteiger partial charge >= 0.3 is 12.3 Å². The maximum atomic E-state index is 13.3. The summed E-state index contributed by atoms with van der Waals surface area (Å²) in [7, 11) is 0. The highest BCUT2D eigenvalue weighted by molar-refractivity contribution is 5.94. The molecule has 1 heterocycles.